The molecule has 0 aromatic carbocycles. The van der Waals surface area contributed by atoms with Gasteiger partial charge in [-0.25, -0.2) is 0 Å². The van der Waals surface area contributed by atoms with Gasteiger partial charge in [0.05, 0.1) is 18.2 Å². The maximum absolute atomic E-state index is 11.8. The van der Waals surface area contributed by atoms with E-state index in [9.17, 15) is 4.79 Å². The molecule has 1 aromatic rings. The average Bonchev–Trinajstić information content (AvgIpc) is 2.76. The Morgan fingerprint density at radius 1 is 1.45 bits per heavy atom. The molecule has 2 unspecified atom stereocenters. The fourth-order valence-electron chi connectivity index (χ4n) is 2.85. The number of nitrogens with one attached hydrogen (secondary N) is 1. The zero-order valence-electron chi connectivity index (χ0n) is 12.6. The molecule has 0 spiro atoms. The number of carbonyl (C=O) groups is 1. The summed E-state index contributed by atoms with van der Waals surface area (Å²) in [5.74, 6) is 0.870. The molecule has 0 radical (unpaired) electrons. The Morgan fingerprint density at radius 3 is 2.90 bits per heavy atom. The van der Waals surface area contributed by atoms with E-state index >= 15 is 0 Å². The molecule has 0 saturated heterocycles. The third kappa shape index (κ3) is 3.60. The molecule has 0 aliphatic heterocycles. The van der Waals surface area contributed by atoms with Gasteiger partial charge in [-0.2, -0.15) is 0 Å². The molecule has 1 N–H and O–H groups in total. The van der Waals surface area contributed by atoms with Crippen LogP contribution in [0.2, 0.25) is 0 Å². The molecule has 0 amide bonds. The largest absolute Gasteiger partial charge is 0.466 e. The van der Waals surface area contributed by atoms with Gasteiger partial charge in [-0.15, -0.1) is 0 Å². The van der Waals surface area contributed by atoms with Gasteiger partial charge in [-0.1, -0.05) is 11.6 Å². The number of rotatable bonds is 5. The second-order valence-corrected chi connectivity index (χ2v) is 5.50. The number of hydrogen-bond donors (Lipinski definition) is 1. The third-order valence-corrected chi connectivity index (χ3v) is 4.04. The van der Waals surface area contributed by atoms with E-state index in [2.05, 4.69) is 10.5 Å². The first-order valence-corrected chi connectivity index (χ1v) is 7.43. The van der Waals surface area contributed by atoms with E-state index in [4.69, 9.17) is 9.26 Å². The smallest absolute Gasteiger partial charge is 0.308 e. The van der Waals surface area contributed by atoms with Gasteiger partial charge in [0.15, 0.2) is 0 Å². The van der Waals surface area contributed by atoms with Gasteiger partial charge >= 0.3 is 5.97 Å². The third-order valence-electron chi connectivity index (χ3n) is 4.04. The van der Waals surface area contributed by atoms with Gasteiger partial charge in [0, 0.05) is 18.2 Å². The van der Waals surface area contributed by atoms with Crippen LogP contribution < -0.4 is 5.32 Å². The molecule has 1 aliphatic rings. The normalized spacial score (nSPS) is 22.8. The van der Waals surface area contributed by atoms with Gasteiger partial charge in [0.25, 0.3) is 0 Å². The maximum Gasteiger partial charge on any atom is 0.308 e. The zero-order valence-corrected chi connectivity index (χ0v) is 12.6. The molecular formula is C15H24N2O3. The Hall–Kier alpha value is -1.36. The maximum atomic E-state index is 11.8. The number of nitrogens with zero attached hydrogens (tertiary/aromatic N) is 1. The molecule has 1 saturated carbocycles. The number of esters is 1. The summed E-state index contributed by atoms with van der Waals surface area (Å²) >= 11 is 0. The molecule has 1 aliphatic carbocycles. The zero-order chi connectivity index (χ0) is 14.5. The Morgan fingerprint density at radius 2 is 2.25 bits per heavy atom. The number of aryl methyl sites for hydroxylation is 2. The quantitative estimate of drug-likeness (QED) is 0.840. The molecule has 1 heterocycles. The lowest BCUT2D eigenvalue weighted by atomic mass is 9.85. The Labute approximate surface area is 120 Å². The first-order chi connectivity index (χ1) is 9.61. The molecule has 2 atom stereocenters. The summed E-state index contributed by atoms with van der Waals surface area (Å²) in [7, 11) is 0. The summed E-state index contributed by atoms with van der Waals surface area (Å²) in [6, 6.07) is 0.367. The van der Waals surface area contributed by atoms with E-state index in [1.165, 1.54) is 0 Å². The summed E-state index contributed by atoms with van der Waals surface area (Å²) < 4.78 is 10.3. The summed E-state index contributed by atoms with van der Waals surface area (Å²) in [5, 5.41) is 7.48. The van der Waals surface area contributed by atoms with Crippen molar-refractivity contribution in [3.8, 4) is 0 Å². The van der Waals surface area contributed by atoms with Gasteiger partial charge in [0.1, 0.15) is 5.76 Å². The minimum absolute atomic E-state index is 0.0451. The molecule has 20 heavy (non-hydrogen) atoms. The first kappa shape index (κ1) is 15.0. The predicted molar refractivity (Wildman–Crippen MR) is 75.2 cm³/mol. The summed E-state index contributed by atoms with van der Waals surface area (Å²) in [6.45, 7) is 6.96. The van der Waals surface area contributed by atoms with Crippen LogP contribution in [-0.2, 0) is 16.1 Å². The first-order valence-electron chi connectivity index (χ1n) is 7.43. The number of carbonyl (C=O) groups excluding carboxylic acids is 1. The Kier molecular flexibility index (Phi) is 5.17. The van der Waals surface area contributed by atoms with Crippen molar-refractivity contribution in [2.45, 2.75) is 59.0 Å². The molecule has 5 nitrogen and oxygen atoms in total. The van der Waals surface area contributed by atoms with E-state index in [-0.39, 0.29) is 11.9 Å². The predicted octanol–water partition coefficient (Wildman–Crippen LogP) is 2.50. The molecule has 112 valence electrons. The molecular weight excluding hydrogens is 256 g/mol. The van der Waals surface area contributed by atoms with E-state index < -0.39 is 0 Å². The fourth-order valence-corrected chi connectivity index (χ4v) is 2.85. The average molecular weight is 280 g/mol. The van der Waals surface area contributed by atoms with Crippen molar-refractivity contribution in [1.29, 1.82) is 0 Å². The van der Waals surface area contributed by atoms with Gasteiger partial charge in [-0.3, -0.25) is 4.79 Å². The standard InChI is InChI=1S/C15H24N2O3/c1-4-19-15(18)12-6-5-7-13(8-12)16-9-14-10(2)17-20-11(14)3/h12-13,16H,4-9H2,1-3H3. The van der Waals surface area contributed by atoms with Crippen LogP contribution in [-0.4, -0.2) is 23.8 Å². The number of hydrogen-bond acceptors (Lipinski definition) is 5. The van der Waals surface area contributed by atoms with E-state index in [1.54, 1.807) is 0 Å². The highest BCUT2D eigenvalue weighted by Gasteiger charge is 2.28. The molecule has 1 fully saturated rings. The summed E-state index contributed by atoms with van der Waals surface area (Å²) in [5.41, 5.74) is 2.07. The lowest BCUT2D eigenvalue weighted by molar-refractivity contribution is -0.149. The van der Waals surface area contributed by atoms with Crippen LogP contribution in [0.25, 0.3) is 0 Å². The van der Waals surface area contributed by atoms with Crippen molar-refractivity contribution >= 4 is 5.97 Å². The van der Waals surface area contributed by atoms with Crippen LogP contribution in [0.4, 0.5) is 0 Å². The molecule has 2 rings (SSSR count). The highest BCUT2D eigenvalue weighted by Crippen LogP contribution is 2.26. The topological polar surface area (TPSA) is 64.4 Å². The molecule has 0 bridgehead atoms. The number of ether oxygens (including phenoxy) is 1. The second-order valence-electron chi connectivity index (χ2n) is 5.50. The van der Waals surface area contributed by atoms with Crippen LogP contribution in [0.1, 0.15) is 49.6 Å². The highest BCUT2D eigenvalue weighted by atomic mass is 16.5. The van der Waals surface area contributed by atoms with Gasteiger partial charge < -0.3 is 14.6 Å². The Balaban J connectivity index is 1.85. The van der Waals surface area contributed by atoms with Crippen molar-refractivity contribution in [3.05, 3.63) is 17.0 Å². The van der Waals surface area contributed by atoms with Crippen molar-refractivity contribution in [1.82, 2.24) is 10.5 Å². The van der Waals surface area contributed by atoms with E-state index in [1.807, 2.05) is 20.8 Å². The number of aromatic nitrogens is 1. The summed E-state index contributed by atoms with van der Waals surface area (Å²) in [6.07, 6.45) is 3.99. The van der Waals surface area contributed by atoms with Crippen molar-refractivity contribution in [2.24, 2.45) is 5.92 Å². The monoisotopic (exact) mass is 280 g/mol. The van der Waals surface area contributed by atoms with Crippen LogP contribution >= 0.6 is 0 Å². The van der Waals surface area contributed by atoms with Crippen molar-refractivity contribution in [2.75, 3.05) is 6.61 Å². The fraction of sp³-hybridized carbons (Fsp3) is 0.733. The molecule has 5 heteroatoms. The van der Waals surface area contributed by atoms with Crippen molar-refractivity contribution in [3.63, 3.8) is 0 Å². The highest BCUT2D eigenvalue weighted by molar-refractivity contribution is 5.72. The van der Waals surface area contributed by atoms with Gasteiger partial charge in [-0.05, 0) is 40.0 Å². The minimum atomic E-state index is -0.0451. The second kappa shape index (κ2) is 6.88. The lowest BCUT2D eigenvalue weighted by Crippen LogP contribution is -2.36. The van der Waals surface area contributed by atoms with Crippen molar-refractivity contribution < 1.29 is 14.1 Å². The van der Waals surface area contributed by atoms with Gasteiger partial charge in [0.2, 0.25) is 0 Å². The Bertz CT molecular complexity index is 436. The van der Waals surface area contributed by atoms with E-state index in [0.29, 0.717) is 12.6 Å². The lowest BCUT2D eigenvalue weighted by Gasteiger charge is -2.28. The summed E-state index contributed by atoms with van der Waals surface area (Å²) in [4.78, 5) is 11.8. The van der Waals surface area contributed by atoms with Crippen LogP contribution in [0.5, 0.6) is 0 Å². The van der Waals surface area contributed by atoms with Crippen LogP contribution in [0, 0.1) is 19.8 Å². The molecule has 1 aromatic heterocycles. The van der Waals surface area contributed by atoms with Crippen LogP contribution in [0.15, 0.2) is 4.52 Å². The SMILES string of the molecule is CCOC(=O)C1CCCC(NCc2c(C)noc2C)C1. The minimum Gasteiger partial charge on any atom is -0.466 e. The van der Waals surface area contributed by atoms with Crippen LogP contribution in [0.3, 0.4) is 0 Å². The van der Waals surface area contributed by atoms with E-state index in [0.717, 1.165) is 49.2 Å².